The number of hydrogen-bond donors (Lipinski definition) is 1. The average molecular weight is 340 g/mol. The van der Waals surface area contributed by atoms with Gasteiger partial charge in [0.15, 0.2) is 0 Å². The summed E-state index contributed by atoms with van der Waals surface area (Å²) in [6.07, 6.45) is 7.26. The molecular weight excluding hydrogens is 320 g/mol. The molecule has 0 saturated carbocycles. The summed E-state index contributed by atoms with van der Waals surface area (Å²) >= 11 is 1.61. The van der Waals surface area contributed by atoms with Gasteiger partial charge in [-0.05, 0) is 30.7 Å². The molecule has 5 nitrogen and oxygen atoms in total. The van der Waals surface area contributed by atoms with E-state index < -0.39 is 0 Å². The zero-order valence-electron chi connectivity index (χ0n) is 13.4. The van der Waals surface area contributed by atoms with Gasteiger partial charge in [-0.2, -0.15) is 0 Å². The van der Waals surface area contributed by atoms with Crippen LogP contribution in [0.5, 0.6) is 0 Å². The van der Waals surface area contributed by atoms with Gasteiger partial charge < -0.3 is 10.2 Å². The van der Waals surface area contributed by atoms with Crippen molar-refractivity contribution < 1.29 is 4.79 Å². The van der Waals surface area contributed by atoms with Gasteiger partial charge >= 0.3 is 6.03 Å². The summed E-state index contributed by atoms with van der Waals surface area (Å²) in [5.41, 5.74) is 1.90. The van der Waals surface area contributed by atoms with Crippen molar-refractivity contribution in [2.24, 2.45) is 0 Å². The molecule has 6 heteroatoms. The molecule has 0 spiro atoms. The summed E-state index contributed by atoms with van der Waals surface area (Å²) in [6.45, 7) is 3.66. The zero-order valence-corrected chi connectivity index (χ0v) is 14.2. The van der Waals surface area contributed by atoms with Crippen LogP contribution in [0.1, 0.15) is 6.42 Å². The van der Waals surface area contributed by atoms with Gasteiger partial charge in [0.05, 0.1) is 0 Å². The Kier molecular flexibility index (Phi) is 4.32. The predicted molar refractivity (Wildman–Crippen MR) is 97.3 cm³/mol. The number of rotatable bonds is 3. The van der Waals surface area contributed by atoms with Gasteiger partial charge in [-0.15, -0.1) is 11.3 Å². The maximum Gasteiger partial charge on any atom is 0.321 e. The zero-order chi connectivity index (χ0) is 16.4. The van der Waals surface area contributed by atoms with Crippen LogP contribution in [0.4, 0.5) is 10.5 Å². The van der Waals surface area contributed by atoms with Crippen LogP contribution >= 0.6 is 11.3 Å². The van der Waals surface area contributed by atoms with E-state index in [1.54, 1.807) is 17.5 Å². The molecule has 4 rings (SSSR count). The molecule has 24 heavy (non-hydrogen) atoms. The highest BCUT2D eigenvalue weighted by Crippen LogP contribution is 2.24. The molecule has 1 atom stereocenters. The fraction of sp³-hybridized carbons (Fsp3) is 0.333. The Hall–Kier alpha value is -2.18. The minimum absolute atomic E-state index is 0.00773. The maximum atomic E-state index is 12.5. The summed E-state index contributed by atoms with van der Waals surface area (Å²) in [7, 11) is 0. The minimum Gasteiger partial charge on any atom is -0.323 e. The van der Waals surface area contributed by atoms with Crippen LogP contribution in [0, 0.1) is 0 Å². The van der Waals surface area contributed by atoms with Crippen LogP contribution in [0.15, 0.2) is 48.0 Å². The topological polar surface area (TPSA) is 48.5 Å². The van der Waals surface area contributed by atoms with E-state index in [-0.39, 0.29) is 6.03 Å². The number of carbonyl (C=O) groups excluding carboxylic acids is 1. The second-order valence-corrected chi connectivity index (χ2v) is 7.05. The molecule has 1 N–H and O–H groups in total. The molecule has 0 aliphatic carbocycles. The lowest BCUT2D eigenvalue weighted by Crippen LogP contribution is -2.38. The molecule has 124 valence electrons. The number of urea groups is 1. The molecule has 1 unspecified atom stereocenters. The molecule has 1 aromatic carbocycles. The van der Waals surface area contributed by atoms with Crippen molar-refractivity contribution in [3.05, 3.63) is 48.0 Å². The van der Waals surface area contributed by atoms with Gasteiger partial charge in [-0.3, -0.25) is 4.90 Å². The van der Waals surface area contributed by atoms with Crippen LogP contribution in [-0.4, -0.2) is 53.0 Å². The smallest absolute Gasteiger partial charge is 0.321 e. The fourth-order valence-corrected chi connectivity index (χ4v) is 3.93. The van der Waals surface area contributed by atoms with Gasteiger partial charge in [0.2, 0.25) is 0 Å². The Balaban J connectivity index is 1.34. The van der Waals surface area contributed by atoms with Gasteiger partial charge in [0.25, 0.3) is 0 Å². The molecule has 0 bridgehead atoms. The van der Waals surface area contributed by atoms with Crippen molar-refractivity contribution in [2.75, 3.05) is 31.5 Å². The number of hydrogen-bond acceptors (Lipinski definition) is 4. The lowest BCUT2D eigenvalue weighted by atomic mass is 10.2. The highest BCUT2D eigenvalue weighted by Gasteiger charge is 2.30. The van der Waals surface area contributed by atoms with Gasteiger partial charge in [0, 0.05) is 55.0 Å². The number of nitrogens with zero attached hydrogens (tertiary/aromatic N) is 3. The summed E-state index contributed by atoms with van der Waals surface area (Å²) in [5.74, 6) is 0. The first-order valence-electron chi connectivity index (χ1n) is 8.24. The molecule has 2 aliphatic heterocycles. The van der Waals surface area contributed by atoms with Gasteiger partial charge in [-0.25, -0.2) is 9.78 Å². The second-order valence-electron chi connectivity index (χ2n) is 6.16. The van der Waals surface area contributed by atoms with Crippen molar-refractivity contribution >= 4 is 23.1 Å². The lowest BCUT2D eigenvalue weighted by molar-refractivity contribution is 0.212. The molecule has 1 fully saturated rings. The Morgan fingerprint density at radius 1 is 1.21 bits per heavy atom. The van der Waals surface area contributed by atoms with Gasteiger partial charge in [0.1, 0.15) is 5.01 Å². The fourth-order valence-electron chi connectivity index (χ4n) is 3.28. The highest BCUT2D eigenvalue weighted by atomic mass is 32.1. The second kappa shape index (κ2) is 6.75. The Labute approximate surface area is 145 Å². The summed E-state index contributed by atoms with van der Waals surface area (Å²) in [5, 5.41) is 5.96. The quantitative estimate of drug-likeness (QED) is 0.872. The summed E-state index contributed by atoms with van der Waals surface area (Å²) in [4.78, 5) is 21.1. The number of carbonyl (C=O) groups is 1. The van der Waals surface area contributed by atoms with Crippen LogP contribution in [0.3, 0.4) is 0 Å². The first-order valence-corrected chi connectivity index (χ1v) is 9.12. The lowest BCUT2D eigenvalue weighted by Gasteiger charge is -2.23. The standard InChI is InChI=1S/C18H20N4OS/c23-18(22-11-7-16(13-22)21-9-1-2-10-21)20-15-5-3-14(4-6-15)17-19-8-12-24-17/h1-6,8,12,16H,7,9-11,13H2,(H,20,23). The van der Waals surface area contributed by atoms with Crippen LogP contribution in [0.2, 0.25) is 0 Å². The molecule has 1 aromatic heterocycles. The summed E-state index contributed by atoms with van der Waals surface area (Å²) < 4.78 is 0. The molecule has 1 saturated heterocycles. The third-order valence-corrected chi connectivity index (χ3v) is 5.45. The number of anilines is 1. The van der Waals surface area contributed by atoms with Crippen molar-refractivity contribution in [3.63, 3.8) is 0 Å². The number of thiazole rings is 1. The predicted octanol–water partition coefficient (Wildman–Crippen LogP) is 3.29. The Bertz CT molecular complexity index is 718. The number of nitrogens with one attached hydrogen (secondary N) is 1. The molecular formula is C18H20N4OS. The van der Waals surface area contributed by atoms with E-state index in [1.165, 1.54) is 0 Å². The molecule has 3 heterocycles. The van der Waals surface area contributed by atoms with Crippen molar-refractivity contribution in [3.8, 4) is 10.6 Å². The molecule has 0 radical (unpaired) electrons. The van der Waals surface area contributed by atoms with Gasteiger partial charge in [-0.1, -0.05) is 12.2 Å². The maximum absolute atomic E-state index is 12.5. The highest BCUT2D eigenvalue weighted by molar-refractivity contribution is 7.13. The number of benzene rings is 1. The minimum atomic E-state index is -0.00773. The molecule has 2 aromatic rings. The van der Waals surface area contributed by atoms with E-state index in [1.807, 2.05) is 34.5 Å². The van der Waals surface area contributed by atoms with E-state index in [4.69, 9.17) is 0 Å². The number of aromatic nitrogens is 1. The van der Waals surface area contributed by atoms with Crippen molar-refractivity contribution in [2.45, 2.75) is 12.5 Å². The first kappa shape index (κ1) is 15.4. The Morgan fingerprint density at radius 3 is 2.71 bits per heavy atom. The van der Waals surface area contributed by atoms with Crippen LogP contribution in [0.25, 0.3) is 10.6 Å². The Morgan fingerprint density at radius 2 is 2.00 bits per heavy atom. The van der Waals surface area contributed by atoms with E-state index >= 15 is 0 Å². The van der Waals surface area contributed by atoms with E-state index in [0.29, 0.717) is 6.04 Å². The third kappa shape index (κ3) is 3.20. The number of likely N-dealkylation sites (tertiary alicyclic amines) is 1. The molecule has 2 amide bonds. The summed E-state index contributed by atoms with van der Waals surface area (Å²) in [6, 6.07) is 8.35. The van der Waals surface area contributed by atoms with Crippen LogP contribution < -0.4 is 5.32 Å². The van der Waals surface area contributed by atoms with E-state index in [2.05, 4.69) is 27.4 Å². The monoisotopic (exact) mass is 340 g/mol. The normalized spacial score (nSPS) is 20.7. The average Bonchev–Trinajstić information content (AvgIpc) is 3.35. The SMILES string of the molecule is O=C(Nc1ccc(-c2nccs2)cc1)N1CCC(N2CC=CC2)C1. The number of amides is 2. The van der Waals surface area contributed by atoms with E-state index in [9.17, 15) is 4.79 Å². The first-order chi connectivity index (χ1) is 11.8. The van der Waals surface area contributed by atoms with E-state index in [0.717, 1.165) is 48.9 Å². The third-order valence-electron chi connectivity index (χ3n) is 4.63. The van der Waals surface area contributed by atoms with Crippen molar-refractivity contribution in [1.82, 2.24) is 14.8 Å². The van der Waals surface area contributed by atoms with Crippen LogP contribution in [-0.2, 0) is 0 Å². The molecule has 2 aliphatic rings. The van der Waals surface area contributed by atoms with Crippen molar-refractivity contribution in [1.29, 1.82) is 0 Å². The largest absolute Gasteiger partial charge is 0.323 e.